The molecule has 2 aromatic carbocycles. The molecule has 0 aliphatic rings. The van der Waals surface area contributed by atoms with E-state index in [1.54, 1.807) is 12.1 Å². The number of halogens is 1. The van der Waals surface area contributed by atoms with Gasteiger partial charge in [-0.05, 0) is 50.3 Å². The Morgan fingerprint density at radius 1 is 1.06 bits per heavy atom. The molecule has 0 heterocycles. The van der Waals surface area contributed by atoms with Gasteiger partial charge in [-0.15, -0.1) is 0 Å². The quantitative estimate of drug-likeness (QED) is 0.458. The Kier molecular flexibility index (Phi) is 9.66. The monoisotopic (exact) mass is 428 g/mol. The van der Waals surface area contributed by atoms with Crippen molar-refractivity contribution in [1.29, 1.82) is 0 Å². The second kappa shape index (κ2) is 12.0. The van der Waals surface area contributed by atoms with Gasteiger partial charge < -0.3 is 15.7 Å². The maximum Gasteiger partial charge on any atom is 0.254 e. The van der Waals surface area contributed by atoms with Crippen LogP contribution in [-0.4, -0.2) is 35.2 Å². The van der Waals surface area contributed by atoms with Gasteiger partial charge >= 0.3 is 0 Å². The highest BCUT2D eigenvalue weighted by molar-refractivity contribution is 5.94. The number of nitrogens with one attached hydrogen (secondary N) is 2. The highest BCUT2D eigenvalue weighted by Crippen LogP contribution is 2.17. The van der Waals surface area contributed by atoms with Gasteiger partial charge in [-0.3, -0.25) is 4.79 Å². The first-order valence-corrected chi connectivity index (χ1v) is 11.2. The van der Waals surface area contributed by atoms with Crippen LogP contribution in [0.3, 0.4) is 0 Å². The lowest BCUT2D eigenvalue weighted by molar-refractivity contribution is 0.0808. The molecule has 0 saturated heterocycles. The van der Waals surface area contributed by atoms with Crippen molar-refractivity contribution in [3.05, 3.63) is 71.5 Å². The summed E-state index contributed by atoms with van der Waals surface area (Å²) in [5.41, 5.74) is 0.856. The molecule has 0 spiro atoms. The van der Waals surface area contributed by atoms with E-state index in [-0.39, 0.29) is 11.1 Å². The number of carbonyl (C=O) groups excluding carboxylic acids is 1. The van der Waals surface area contributed by atoms with Crippen LogP contribution in [0.4, 0.5) is 4.39 Å². The molecule has 0 aliphatic carbocycles. The molecule has 2 aromatic rings. The van der Waals surface area contributed by atoms with Gasteiger partial charge in [0.05, 0.1) is 17.7 Å². The lowest BCUT2D eigenvalue weighted by Crippen LogP contribution is -2.52. The molecule has 0 aromatic heterocycles. The SMILES string of the molecule is CC(C)CCCC(C)(C)NC[C@@H](O)[C@H](Cc1ccccc1)NC(=O)c1ccccc1F. The van der Waals surface area contributed by atoms with E-state index in [2.05, 4.69) is 38.3 Å². The van der Waals surface area contributed by atoms with E-state index in [4.69, 9.17) is 0 Å². The van der Waals surface area contributed by atoms with Gasteiger partial charge in [0.25, 0.3) is 5.91 Å². The summed E-state index contributed by atoms with van der Waals surface area (Å²) >= 11 is 0. The normalized spacial score (nSPS) is 13.8. The Morgan fingerprint density at radius 3 is 2.35 bits per heavy atom. The fourth-order valence-corrected chi connectivity index (χ4v) is 3.61. The topological polar surface area (TPSA) is 61.4 Å². The van der Waals surface area contributed by atoms with Gasteiger partial charge in [0.15, 0.2) is 0 Å². The van der Waals surface area contributed by atoms with E-state index < -0.39 is 23.9 Å². The Morgan fingerprint density at radius 2 is 1.71 bits per heavy atom. The maximum atomic E-state index is 14.1. The minimum atomic E-state index is -0.819. The number of aliphatic hydroxyl groups is 1. The molecule has 3 N–H and O–H groups in total. The summed E-state index contributed by atoms with van der Waals surface area (Å²) in [6, 6.07) is 15.0. The lowest BCUT2D eigenvalue weighted by atomic mass is 9.93. The third-order valence-electron chi connectivity index (χ3n) is 5.57. The van der Waals surface area contributed by atoms with E-state index in [0.29, 0.717) is 18.9 Å². The van der Waals surface area contributed by atoms with Crippen LogP contribution in [0.25, 0.3) is 0 Å². The molecule has 0 fully saturated rings. The lowest BCUT2D eigenvalue weighted by Gasteiger charge is -2.31. The Labute approximate surface area is 186 Å². The molecule has 4 nitrogen and oxygen atoms in total. The molecule has 1 amide bonds. The zero-order chi connectivity index (χ0) is 22.9. The summed E-state index contributed by atoms with van der Waals surface area (Å²) in [5.74, 6) is -0.420. The van der Waals surface area contributed by atoms with E-state index in [1.165, 1.54) is 18.6 Å². The Hall–Kier alpha value is -2.24. The number of benzene rings is 2. The van der Waals surface area contributed by atoms with Gasteiger partial charge in [0.2, 0.25) is 0 Å². The molecule has 0 aliphatic heterocycles. The molecular formula is C26H37FN2O2. The molecule has 31 heavy (non-hydrogen) atoms. The fraction of sp³-hybridized carbons (Fsp3) is 0.500. The van der Waals surface area contributed by atoms with Crippen LogP contribution in [-0.2, 0) is 6.42 Å². The van der Waals surface area contributed by atoms with Crippen LogP contribution in [0, 0.1) is 11.7 Å². The van der Waals surface area contributed by atoms with Crippen molar-refractivity contribution in [2.75, 3.05) is 6.54 Å². The summed E-state index contributed by atoms with van der Waals surface area (Å²) in [7, 11) is 0. The number of aliphatic hydroxyl groups excluding tert-OH is 1. The minimum absolute atomic E-state index is 0.0188. The summed E-state index contributed by atoms with van der Waals surface area (Å²) in [6.07, 6.45) is 2.93. The maximum absolute atomic E-state index is 14.1. The van der Waals surface area contributed by atoms with Crippen LogP contribution in [0.15, 0.2) is 54.6 Å². The number of hydrogen-bond acceptors (Lipinski definition) is 3. The molecule has 2 rings (SSSR count). The van der Waals surface area contributed by atoms with Crippen LogP contribution < -0.4 is 10.6 Å². The average molecular weight is 429 g/mol. The van der Waals surface area contributed by atoms with Gasteiger partial charge in [-0.2, -0.15) is 0 Å². The van der Waals surface area contributed by atoms with Crippen LogP contribution in [0.1, 0.15) is 62.9 Å². The van der Waals surface area contributed by atoms with Gasteiger partial charge in [-0.25, -0.2) is 4.39 Å². The second-order valence-electron chi connectivity index (χ2n) is 9.37. The molecule has 170 valence electrons. The summed E-state index contributed by atoms with van der Waals surface area (Å²) in [5, 5.41) is 17.2. The highest BCUT2D eigenvalue weighted by atomic mass is 19.1. The molecule has 0 radical (unpaired) electrons. The Balaban J connectivity index is 2.05. The number of hydrogen-bond donors (Lipinski definition) is 3. The van der Waals surface area contributed by atoms with Crippen molar-refractivity contribution in [1.82, 2.24) is 10.6 Å². The molecule has 0 bridgehead atoms. The first-order chi connectivity index (χ1) is 14.7. The number of rotatable bonds is 12. The predicted octanol–water partition coefficient (Wildman–Crippen LogP) is 4.72. The van der Waals surface area contributed by atoms with Crippen molar-refractivity contribution in [2.24, 2.45) is 5.92 Å². The molecular weight excluding hydrogens is 391 g/mol. The summed E-state index contributed by atoms with van der Waals surface area (Å²) in [4.78, 5) is 12.7. The second-order valence-corrected chi connectivity index (χ2v) is 9.37. The van der Waals surface area contributed by atoms with Crippen molar-refractivity contribution in [3.8, 4) is 0 Å². The smallest absolute Gasteiger partial charge is 0.254 e. The van der Waals surface area contributed by atoms with E-state index in [0.717, 1.165) is 18.4 Å². The minimum Gasteiger partial charge on any atom is -0.390 e. The molecule has 0 unspecified atom stereocenters. The first-order valence-electron chi connectivity index (χ1n) is 11.2. The van der Waals surface area contributed by atoms with Crippen LogP contribution in [0.5, 0.6) is 0 Å². The summed E-state index contributed by atoms with van der Waals surface area (Å²) < 4.78 is 14.1. The van der Waals surface area contributed by atoms with Gasteiger partial charge in [0.1, 0.15) is 5.82 Å². The largest absolute Gasteiger partial charge is 0.390 e. The van der Waals surface area contributed by atoms with Crippen LogP contribution >= 0.6 is 0 Å². The average Bonchev–Trinajstić information content (AvgIpc) is 2.72. The molecule has 0 saturated carbocycles. The number of amides is 1. The van der Waals surface area contributed by atoms with Crippen molar-refractivity contribution < 1.29 is 14.3 Å². The zero-order valence-corrected chi connectivity index (χ0v) is 19.2. The molecule has 2 atom stereocenters. The summed E-state index contributed by atoms with van der Waals surface area (Å²) in [6.45, 7) is 9.03. The zero-order valence-electron chi connectivity index (χ0n) is 19.2. The van der Waals surface area contributed by atoms with Gasteiger partial charge in [-0.1, -0.05) is 69.2 Å². The first kappa shape index (κ1) is 25.0. The predicted molar refractivity (Wildman–Crippen MR) is 125 cm³/mol. The number of β-amino-alcohol motifs (C(OH)–C–C–N with tert-alkyl or cyclic N) is 1. The fourth-order valence-electron chi connectivity index (χ4n) is 3.61. The van der Waals surface area contributed by atoms with Crippen LogP contribution in [0.2, 0.25) is 0 Å². The third kappa shape index (κ3) is 8.80. The molecule has 5 heteroatoms. The van der Waals surface area contributed by atoms with E-state index in [1.807, 2.05) is 30.3 Å². The Bertz CT molecular complexity index is 808. The number of carbonyl (C=O) groups is 1. The highest BCUT2D eigenvalue weighted by Gasteiger charge is 2.26. The van der Waals surface area contributed by atoms with Crippen molar-refractivity contribution in [2.45, 2.75) is 71.1 Å². The van der Waals surface area contributed by atoms with E-state index in [9.17, 15) is 14.3 Å². The van der Waals surface area contributed by atoms with Crippen molar-refractivity contribution >= 4 is 5.91 Å². The van der Waals surface area contributed by atoms with Crippen molar-refractivity contribution in [3.63, 3.8) is 0 Å². The van der Waals surface area contributed by atoms with Gasteiger partial charge in [0, 0.05) is 12.1 Å². The standard InChI is InChI=1S/C26H37FN2O2/c1-19(2)11-10-16-26(3,4)28-18-24(30)23(17-20-12-6-5-7-13-20)29-25(31)21-14-8-9-15-22(21)27/h5-9,12-15,19,23-24,28,30H,10-11,16-18H2,1-4H3,(H,29,31)/t23-,24+/m0/s1. The third-order valence-corrected chi connectivity index (χ3v) is 5.57. The van der Waals surface area contributed by atoms with E-state index >= 15 is 0 Å².